The van der Waals surface area contributed by atoms with Crippen LogP contribution in [0.25, 0.3) is 22.6 Å². The van der Waals surface area contributed by atoms with E-state index in [0.29, 0.717) is 28.9 Å². The summed E-state index contributed by atoms with van der Waals surface area (Å²) < 4.78 is 0. The van der Waals surface area contributed by atoms with Gasteiger partial charge in [0.15, 0.2) is 11.6 Å². The van der Waals surface area contributed by atoms with E-state index < -0.39 is 0 Å². The average molecular weight is 374 g/mol. The van der Waals surface area contributed by atoms with E-state index in [1.54, 1.807) is 12.4 Å². The molecule has 0 radical (unpaired) electrons. The summed E-state index contributed by atoms with van der Waals surface area (Å²) in [5, 5.41) is 12.8. The molecule has 5 nitrogen and oxygen atoms in total. The predicted octanol–water partition coefficient (Wildman–Crippen LogP) is 4.87. The second-order valence-corrected chi connectivity index (χ2v) is 6.36. The van der Waals surface area contributed by atoms with Gasteiger partial charge in [0.1, 0.15) is 5.69 Å². The van der Waals surface area contributed by atoms with Gasteiger partial charge < -0.3 is 5.32 Å². The minimum atomic E-state index is 0.524. The molecule has 0 bridgehead atoms. The van der Waals surface area contributed by atoms with Gasteiger partial charge in [-0.3, -0.25) is 4.98 Å². The molecule has 0 amide bonds. The van der Waals surface area contributed by atoms with Crippen molar-refractivity contribution < 1.29 is 0 Å². The van der Waals surface area contributed by atoms with E-state index in [0.717, 1.165) is 16.7 Å². The van der Waals surface area contributed by atoms with Crippen molar-refractivity contribution in [3.8, 4) is 22.6 Å². The minimum absolute atomic E-state index is 0.524. The fourth-order valence-electron chi connectivity index (χ4n) is 2.65. The smallest absolute Gasteiger partial charge is 0.185 e. The van der Waals surface area contributed by atoms with Gasteiger partial charge in [-0.1, -0.05) is 54.1 Å². The zero-order valence-corrected chi connectivity index (χ0v) is 15.1. The molecule has 4 rings (SSSR count). The highest BCUT2D eigenvalue weighted by Crippen LogP contribution is 2.27. The van der Waals surface area contributed by atoms with Crippen LogP contribution in [0.5, 0.6) is 0 Å². The van der Waals surface area contributed by atoms with E-state index in [2.05, 4.69) is 32.6 Å². The van der Waals surface area contributed by atoms with Crippen molar-refractivity contribution in [2.75, 3.05) is 5.32 Å². The summed E-state index contributed by atoms with van der Waals surface area (Å²) in [6.07, 6.45) is 3.44. The summed E-state index contributed by atoms with van der Waals surface area (Å²) in [6.45, 7) is 0.632. The SMILES string of the molecule is Clc1ccc(-c2nnc(-c3cccnc3)nc2NCc2ccccc2)cc1. The molecule has 0 atom stereocenters. The van der Waals surface area contributed by atoms with E-state index in [1.165, 1.54) is 0 Å². The van der Waals surface area contributed by atoms with Gasteiger partial charge >= 0.3 is 0 Å². The number of anilines is 1. The predicted molar refractivity (Wildman–Crippen MR) is 107 cm³/mol. The van der Waals surface area contributed by atoms with Crippen LogP contribution in [-0.2, 0) is 6.54 Å². The molecule has 0 fully saturated rings. The first-order valence-corrected chi connectivity index (χ1v) is 8.86. The molecule has 0 aliphatic rings. The second-order valence-electron chi connectivity index (χ2n) is 5.92. The lowest BCUT2D eigenvalue weighted by Gasteiger charge is -2.11. The maximum atomic E-state index is 6.01. The van der Waals surface area contributed by atoms with Gasteiger partial charge in [0, 0.05) is 35.1 Å². The van der Waals surface area contributed by atoms with Crippen LogP contribution < -0.4 is 5.32 Å². The molecule has 0 spiro atoms. The first kappa shape index (κ1) is 17.1. The van der Waals surface area contributed by atoms with Crippen LogP contribution in [0.15, 0.2) is 79.1 Å². The number of nitrogens with zero attached hydrogens (tertiary/aromatic N) is 4. The summed E-state index contributed by atoms with van der Waals surface area (Å²) in [4.78, 5) is 8.83. The summed E-state index contributed by atoms with van der Waals surface area (Å²) in [6, 6.07) is 21.4. The van der Waals surface area contributed by atoms with Crippen molar-refractivity contribution in [1.82, 2.24) is 20.2 Å². The first-order chi connectivity index (χ1) is 13.3. The Morgan fingerprint density at radius 1 is 0.815 bits per heavy atom. The van der Waals surface area contributed by atoms with Gasteiger partial charge in [-0.25, -0.2) is 4.98 Å². The Morgan fingerprint density at radius 3 is 2.37 bits per heavy atom. The monoisotopic (exact) mass is 373 g/mol. The third-order valence-electron chi connectivity index (χ3n) is 4.03. The van der Waals surface area contributed by atoms with E-state index in [4.69, 9.17) is 16.6 Å². The van der Waals surface area contributed by atoms with E-state index in [9.17, 15) is 0 Å². The minimum Gasteiger partial charge on any atom is -0.364 e. The molecule has 0 saturated carbocycles. The molecule has 132 valence electrons. The summed E-state index contributed by atoms with van der Waals surface area (Å²) in [5.41, 5.74) is 3.54. The normalized spacial score (nSPS) is 10.6. The van der Waals surface area contributed by atoms with Crippen molar-refractivity contribution in [3.63, 3.8) is 0 Å². The largest absolute Gasteiger partial charge is 0.364 e. The number of hydrogen-bond donors (Lipinski definition) is 1. The van der Waals surface area contributed by atoms with Gasteiger partial charge in [0.25, 0.3) is 0 Å². The summed E-state index contributed by atoms with van der Waals surface area (Å²) >= 11 is 6.01. The molecule has 6 heteroatoms. The lowest BCUT2D eigenvalue weighted by molar-refractivity contribution is 0.972. The molecule has 27 heavy (non-hydrogen) atoms. The van der Waals surface area contributed by atoms with E-state index in [-0.39, 0.29) is 0 Å². The Kier molecular flexibility index (Phi) is 5.03. The Bertz CT molecular complexity index is 1020. The van der Waals surface area contributed by atoms with Crippen molar-refractivity contribution in [1.29, 1.82) is 0 Å². The third-order valence-corrected chi connectivity index (χ3v) is 4.28. The Hall–Kier alpha value is -3.31. The van der Waals surface area contributed by atoms with Crippen LogP contribution in [0.2, 0.25) is 5.02 Å². The quantitative estimate of drug-likeness (QED) is 0.541. The Morgan fingerprint density at radius 2 is 1.63 bits per heavy atom. The van der Waals surface area contributed by atoms with Crippen molar-refractivity contribution in [2.45, 2.75) is 6.54 Å². The number of benzene rings is 2. The summed E-state index contributed by atoms with van der Waals surface area (Å²) in [5.74, 6) is 1.19. The number of pyridine rings is 1. The Labute approximate surface area is 162 Å². The van der Waals surface area contributed by atoms with Crippen LogP contribution >= 0.6 is 11.6 Å². The zero-order valence-electron chi connectivity index (χ0n) is 14.4. The standard InChI is InChI=1S/C21H16ClN5/c22-18-10-8-16(9-11-18)19-21(24-13-15-5-2-1-3-6-15)25-20(27-26-19)17-7-4-12-23-14-17/h1-12,14H,13H2,(H,24,25,27). The van der Waals surface area contributed by atoms with Gasteiger partial charge in [-0.15, -0.1) is 10.2 Å². The molecule has 0 unspecified atom stereocenters. The number of rotatable bonds is 5. The van der Waals surface area contributed by atoms with Crippen molar-refractivity contribution in [2.24, 2.45) is 0 Å². The lowest BCUT2D eigenvalue weighted by Crippen LogP contribution is -2.07. The topological polar surface area (TPSA) is 63.6 Å². The highest BCUT2D eigenvalue weighted by atomic mass is 35.5. The van der Waals surface area contributed by atoms with Gasteiger partial charge in [-0.05, 0) is 29.8 Å². The Balaban J connectivity index is 1.72. The molecule has 0 aliphatic heterocycles. The molecular formula is C21H16ClN5. The van der Waals surface area contributed by atoms with Gasteiger partial charge in [0.05, 0.1) is 0 Å². The molecule has 2 aromatic heterocycles. The van der Waals surface area contributed by atoms with Gasteiger partial charge in [0.2, 0.25) is 0 Å². The van der Waals surface area contributed by atoms with Crippen LogP contribution in [0, 0.1) is 0 Å². The van der Waals surface area contributed by atoms with Crippen LogP contribution in [0.4, 0.5) is 5.82 Å². The number of hydrogen-bond acceptors (Lipinski definition) is 5. The maximum Gasteiger partial charge on any atom is 0.185 e. The second kappa shape index (κ2) is 7.93. The maximum absolute atomic E-state index is 6.01. The third kappa shape index (κ3) is 4.10. The first-order valence-electron chi connectivity index (χ1n) is 8.48. The van der Waals surface area contributed by atoms with Crippen LogP contribution in [0.3, 0.4) is 0 Å². The number of halogens is 1. The molecule has 0 aliphatic carbocycles. The molecule has 2 aromatic carbocycles. The zero-order chi connectivity index (χ0) is 18.5. The number of aromatic nitrogens is 4. The summed E-state index contributed by atoms with van der Waals surface area (Å²) in [7, 11) is 0. The molecule has 1 N–H and O–H groups in total. The van der Waals surface area contributed by atoms with Crippen LogP contribution in [-0.4, -0.2) is 20.2 Å². The van der Waals surface area contributed by atoms with Gasteiger partial charge in [-0.2, -0.15) is 0 Å². The van der Waals surface area contributed by atoms with Crippen molar-refractivity contribution in [3.05, 3.63) is 89.7 Å². The molecule has 0 saturated heterocycles. The fraction of sp³-hybridized carbons (Fsp3) is 0.0476. The molecule has 4 aromatic rings. The highest BCUT2D eigenvalue weighted by Gasteiger charge is 2.13. The van der Waals surface area contributed by atoms with Crippen LogP contribution in [0.1, 0.15) is 5.56 Å². The van der Waals surface area contributed by atoms with E-state index in [1.807, 2.05) is 54.6 Å². The molecular weight excluding hydrogens is 358 g/mol. The average Bonchev–Trinajstić information content (AvgIpc) is 2.74. The molecule has 2 heterocycles. The number of nitrogens with one attached hydrogen (secondary N) is 1. The van der Waals surface area contributed by atoms with E-state index >= 15 is 0 Å². The fourth-order valence-corrected chi connectivity index (χ4v) is 2.78. The van der Waals surface area contributed by atoms with Crippen molar-refractivity contribution >= 4 is 17.4 Å². The lowest BCUT2D eigenvalue weighted by atomic mass is 10.1. The highest BCUT2D eigenvalue weighted by molar-refractivity contribution is 6.30.